The van der Waals surface area contributed by atoms with Crippen molar-refractivity contribution in [1.29, 1.82) is 0 Å². The molecule has 1 saturated carbocycles. The summed E-state index contributed by atoms with van der Waals surface area (Å²) in [7, 11) is 0. The molecule has 0 bridgehead atoms. The van der Waals surface area contributed by atoms with E-state index in [9.17, 15) is 18.0 Å². The molecule has 2 atom stereocenters. The van der Waals surface area contributed by atoms with Crippen LogP contribution < -0.4 is 5.73 Å². The molecule has 1 amide bonds. The minimum absolute atomic E-state index is 0.113. The fourth-order valence-electron chi connectivity index (χ4n) is 2.83. The third-order valence-electron chi connectivity index (χ3n) is 4.01. The zero-order chi connectivity index (χ0) is 13.8. The van der Waals surface area contributed by atoms with Gasteiger partial charge in [-0.1, -0.05) is 12.1 Å². The van der Waals surface area contributed by atoms with Gasteiger partial charge in [0.05, 0.1) is 11.1 Å². The summed E-state index contributed by atoms with van der Waals surface area (Å²) >= 11 is 0. The van der Waals surface area contributed by atoms with Crippen LogP contribution in [0.3, 0.4) is 0 Å². The number of carbonyl (C=O) groups excluding carboxylic acids is 1. The first-order valence-electron chi connectivity index (χ1n) is 6.10. The van der Waals surface area contributed by atoms with E-state index in [2.05, 4.69) is 0 Å². The third-order valence-corrected chi connectivity index (χ3v) is 4.01. The predicted octanol–water partition coefficient (Wildman–Crippen LogP) is 1.73. The second-order valence-electron chi connectivity index (χ2n) is 5.16. The van der Waals surface area contributed by atoms with Crippen molar-refractivity contribution in [2.75, 3.05) is 13.1 Å². The highest BCUT2D eigenvalue weighted by Crippen LogP contribution is 2.44. The quantitative estimate of drug-likeness (QED) is 0.844. The van der Waals surface area contributed by atoms with E-state index in [1.54, 1.807) is 0 Å². The normalized spacial score (nSPS) is 29.3. The smallest absolute Gasteiger partial charge is 0.338 e. The number of nitrogens with zero attached hydrogens (tertiary/aromatic N) is 1. The molecule has 0 radical (unpaired) electrons. The van der Waals surface area contributed by atoms with Crippen molar-refractivity contribution in [3.63, 3.8) is 0 Å². The minimum atomic E-state index is -4.51. The Bertz CT molecular complexity index is 517. The van der Waals surface area contributed by atoms with Crippen LogP contribution in [0.5, 0.6) is 0 Å². The number of hydrogen-bond donors (Lipinski definition) is 1. The van der Waals surface area contributed by atoms with Gasteiger partial charge in [-0.25, -0.2) is 0 Å². The van der Waals surface area contributed by atoms with Crippen LogP contribution in [-0.4, -0.2) is 29.9 Å². The highest BCUT2D eigenvalue weighted by molar-refractivity contribution is 5.96. The molecule has 2 unspecified atom stereocenters. The number of amides is 1. The van der Waals surface area contributed by atoms with E-state index < -0.39 is 17.6 Å². The average Bonchev–Trinajstić information content (AvgIpc) is 2.79. The number of rotatable bonds is 1. The van der Waals surface area contributed by atoms with E-state index in [0.29, 0.717) is 13.1 Å². The number of fused-ring (bicyclic) bond motifs is 1. The maximum Gasteiger partial charge on any atom is 0.417 e. The first-order chi connectivity index (χ1) is 8.89. The topological polar surface area (TPSA) is 46.3 Å². The summed E-state index contributed by atoms with van der Waals surface area (Å²) in [4.78, 5) is 13.6. The van der Waals surface area contributed by atoms with Gasteiger partial charge in [-0.3, -0.25) is 4.79 Å². The van der Waals surface area contributed by atoms with E-state index in [4.69, 9.17) is 5.73 Å². The van der Waals surface area contributed by atoms with Crippen LogP contribution in [0.4, 0.5) is 13.2 Å². The summed E-state index contributed by atoms with van der Waals surface area (Å²) in [6.07, 6.45) is -4.51. The van der Waals surface area contributed by atoms with Gasteiger partial charge in [0.2, 0.25) is 0 Å². The molecule has 102 valence electrons. The van der Waals surface area contributed by atoms with Crippen molar-refractivity contribution < 1.29 is 18.0 Å². The number of piperidine rings is 1. The van der Waals surface area contributed by atoms with Crippen molar-refractivity contribution in [1.82, 2.24) is 4.90 Å². The molecule has 19 heavy (non-hydrogen) atoms. The van der Waals surface area contributed by atoms with Crippen molar-refractivity contribution in [3.05, 3.63) is 35.4 Å². The van der Waals surface area contributed by atoms with Gasteiger partial charge in [-0.2, -0.15) is 13.2 Å². The van der Waals surface area contributed by atoms with Crippen molar-refractivity contribution in [2.24, 2.45) is 17.6 Å². The molecule has 2 N–H and O–H groups in total. The Hall–Kier alpha value is -1.56. The molecule has 1 saturated heterocycles. The number of alkyl halides is 3. The van der Waals surface area contributed by atoms with Crippen LogP contribution in [0.25, 0.3) is 0 Å². The van der Waals surface area contributed by atoms with Crippen molar-refractivity contribution >= 4 is 5.91 Å². The summed E-state index contributed by atoms with van der Waals surface area (Å²) in [5.74, 6) is -0.0173. The molecule has 1 heterocycles. The highest BCUT2D eigenvalue weighted by atomic mass is 19.4. The lowest BCUT2D eigenvalue weighted by molar-refractivity contribution is -0.138. The molecular formula is C13H13F3N2O. The molecule has 1 aliphatic carbocycles. The molecule has 1 aromatic rings. The van der Waals surface area contributed by atoms with Gasteiger partial charge in [0.15, 0.2) is 0 Å². The first-order valence-corrected chi connectivity index (χ1v) is 6.10. The lowest BCUT2D eigenvalue weighted by Crippen LogP contribution is -2.35. The summed E-state index contributed by atoms with van der Waals surface area (Å²) in [5, 5.41) is 0. The molecule has 0 aromatic heterocycles. The number of nitrogens with two attached hydrogens (primary N) is 1. The number of benzene rings is 1. The first kappa shape index (κ1) is 12.5. The number of halogens is 3. The lowest BCUT2D eigenvalue weighted by Gasteiger charge is -2.21. The van der Waals surface area contributed by atoms with E-state index in [1.807, 2.05) is 0 Å². The number of hydrogen-bond acceptors (Lipinski definition) is 2. The second-order valence-corrected chi connectivity index (χ2v) is 5.16. The van der Waals surface area contributed by atoms with Gasteiger partial charge in [0.25, 0.3) is 5.91 Å². The molecule has 2 aliphatic rings. The van der Waals surface area contributed by atoms with Crippen LogP contribution in [0.2, 0.25) is 0 Å². The number of carbonyl (C=O) groups is 1. The van der Waals surface area contributed by atoms with Crippen LogP contribution in [0, 0.1) is 11.8 Å². The SMILES string of the molecule is NC1C2CN(C(=O)c3ccccc3C(F)(F)F)CC12. The maximum atomic E-state index is 12.9. The standard InChI is InChI=1S/C13H13F3N2O/c14-13(15,16)10-4-2-1-3-7(10)12(19)18-5-8-9(6-18)11(8)17/h1-4,8-9,11H,5-6,17H2. The Kier molecular flexibility index (Phi) is 2.60. The van der Waals surface area contributed by atoms with Gasteiger partial charge < -0.3 is 10.6 Å². The van der Waals surface area contributed by atoms with Gasteiger partial charge in [0, 0.05) is 19.1 Å². The molecule has 1 aromatic carbocycles. The minimum Gasteiger partial charge on any atom is -0.338 e. The van der Waals surface area contributed by atoms with Gasteiger partial charge >= 0.3 is 6.18 Å². The predicted molar refractivity (Wildman–Crippen MR) is 62.3 cm³/mol. The molecule has 6 heteroatoms. The summed E-state index contributed by atoms with van der Waals surface area (Å²) in [6, 6.07) is 5.02. The van der Waals surface area contributed by atoms with Crippen molar-refractivity contribution in [2.45, 2.75) is 12.2 Å². The maximum absolute atomic E-state index is 12.9. The molecular weight excluding hydrogens is 257 g/mol. The van der Waals surface area contributed by atoms with Crippen molar-refractivity contribution in [3.8, 4) is 0 Å². The zero-order valence-corrected chi connectivity index (χ0v) is 10.0. The summed E-state index contributed by atoms with van der Waals surface area (Å²) < 4.78 is 38.6. The van der Waals surface area contributed by atoms with Crippen LogP contribution >= 0.6 is 0 Å². The Morgan fingerprint density at radius 3 is 2.37 bits per heavy atom. The second kappa shape index (κ2) is 3.96. The molecule has 1 aliphatic heterocycles. The molecule has 2 fully saturated rings. The largest absolute Gasteiger partial charge is 0.417 e. The Labute approximate surface area is 108 Å². The highest BCUT2D eigenvalue weighted by Gasteiger charge is 2.55. The Morgan fingerprint density at radius 1 is 1.21 bits per heavy atom. The van der Waals surface area contributed by atoms with E-state index in [0.717, 1.165) is 6.07 Å². The van der Waals surface area contributed by atoms with Gasteiger partial charge in [-0.15, -0.1) is 0 Å². The molecule has 0 spiro atoms. The zero-order valence-electron chi connectivity index (χ0n) is 10.0. The van der Waals surface area contributed by atoms with Crippen LogP contribution in [0.1, 0.15) is 15.9 Å². The van der Waals surface area contributed by atoms with E-state index >= 15 is 0 Å². The van der Waals surface area contributed by atoms with Gasteiger partial charge in [0.1, 0.15) is 0 Å². The van der Waals surface area contributed by atoms with Crippen LogP contribution in [0.15, 0.2) is 24.3 Å². The fourth-order valence-corrected chi connectivity index (χ4v) is 2.83. The fraction of sp³-hybridized carbons (Fsp3) is 0.462. The summed E-state index contributed by atoms with van der Waals surface area (Å²) in [6.45, 7) is 0.938. The molecule has 3 rings (SSSR count). The third kappa shape index (κ3) is 2.00. The monoisotopic (exact) mass is 270 g/mol. The summed E-state index contributed by atoms with van der Waals surface area (Å²) in [5.41, 5.74) is 4.61. The average molecular weight is 270 g/mol. The lowest BCUT2D eigenvalue weighted by atomic mass is 10.1. The van der Waals surface area contributed by atoms with Gasteiger partial charge in [-0.05, 0) is 24.0 Å². The number of likely N-dealkylation sites (tertiary alicyclic amines) is 1. The Morgan fingerprint density at radius 2 is 1.79 bits per heavy atom. The Balaban J connectivity index is 1.85. The van der Waals surface area contributed by atoms with Crippen LogP contribution in [-0.2, 0) is 6.18 Å². The molecule has 3 nitrogen and oxygen atoms in total. The van der Waals surface area contributed by atoms with E-state index in [1.165, 1.54) is 23.1 Å². The van der Waals surface area contributed by atoms with E-state index in [-0.39, 0.29) is 23.4 Å².